The number of halogens is 2. The van der Waals surface area contributed by atoms with Crippen LogP contribution in [-0.4, -0.2) is 35.9 Å². The van der Waals surface area contributed by atoms with E-state index < -0.39 is 0 Å². The number of fused-ring (bicyclic) bond motifs is 1. The van der Waals surface area contributed by atoms with Gasteiger partial charge in [0.05, 0.1) is 22.4 Å². The Labute approximate surface area is 182 Å². The number of aromatic nitrogens is 1. The van der Waals surface area contributed by atoms with Crippen molar-refractivity contribution in [3.8, 4) is 0 Å². The van der Waals surface area contributed by atoms with E-state index in [1.165, 1.54) is 35.2 Å². The van der Waals surface area contributed by atoms with Crippen LogP contribution in [0.4, 0.5) is 9.52 Å². The Morgan fingerprint density at radius 3 is 2.86 bits per heavy atom. The van der Waals surface area contributed by atoms with E-state index in [4.69, 9.17) is 16.3 Å². The van der Waals surface area contributed by atoms with Crippen LogP contribution in [0.25, 0.3) is 10.2 Å². The van der Waals surface area contributed by atoms with Gasteiger partial charge in [0.2, 0.25) is 5.91 Å². The number of hydrogen-bond acceptors (Lipinski definition) is 5. The van der Waals surface area contributed by atoms with Crippen molar-refractivity contribution in [1.29, 1.82) is 0 Å². The lowest BCUT2D eigenvalue weighted by molar-refractivity contribution is -0.118. The van der Waals surface area contributed by atoms with Crippen LogP contribution in [0.15, 0.2) is 47.4 Å². The maximum Gasteiger partial charge on any atom is 0.229 e. The average Bonchev–Trinajstić information content (AvgIpc) is 3.37. The van der Waals surface area contributed by atoms with Gasteiger partial charge in [-0.05, 0) is 49.2 Å². The van der Waals surface area contributed by atoms with Crippen molar-refractivity contribution in [3.63, 3.8) is 0 Å². The molecule has 4 nitrogen and oxygen atoms in total. The molecule has 0 radical (unpaired) electrons. The van der Waals surface area contributed by atoms with Gasteiger partial charge >= 0.3 is 0 Å². The van der Waals surface area contributed by atoms with Crippen LogP contribution in [0.3, 0.4) is 0 Å². The summed E-state index contributed by atoms with van der Waals surface area (Å²) in [7, 11) is 0. The molecular weight excluding hydrogens is 431 g/mol. The summed E-state index contributed by atoms with van der Waals surface area (Å²) in [6.07, 6.45) is 2.35. The number of carbonyl (C=O) groups excluding carboxylic acids is 1. The second-order valence-corrected chi connectivity index (χ2v) is 9.36. The first-order valence-electron chi connectivity index (χ1n) is 9.45. The van der Waals surface area contributed by atoms with Crippen molar-refractivity contribution in [3.05, 3.63) is 53.3 Å². The fourth-order valence-electron chi connectivity index (χ4n) is 3.22. The molecule has 1 unspecified atom stereocenters. The first kappa shape index (κ1) is 20.6. The summed E-state index contributed by atoms with van der Waals surface area (Å²) >= 11 is 9.28. The Hall–Kier alpha value is -1.67. The topological polar surface area (TPSA) is 42.4 Å². The van der Waals surface area contributed by atoms with Crippen molar-refractivity contribution in [1.82, 2.24) is 4.98 Å². The molecule has 4 rings (SSSR count). The third kappa shape index (κ3) is 5.09. The highest BCUT2D eigenvalue weighted by molar-refractivity contribution is 7.99. The number of benzene rings is 2. The van der Waals surface area contributed by atoms with E-state index in [9.17, 15) is 9.18 Å². The number of amides is 1. The molecule has 0 bridgehead atoms. The van der Waals surface area contributed by atoms with Crippen molar-refractivity contribution in [2.24, 2.45) is 0 Å². The molecule has 152 valence electrons. The molecule has 8 heteroatoms. The van der Waals surface area contributed by atoms with E-state index in [0.29, 0.717) is 28.9 Å². The molecule has 1 aromatic heterocycles. The van der Waals surface area contributed by atoms with E-state index in [-0.39, 0.29) is 17.8 Å². The molecule has 1 atom stereocenters. The summed E-state index contributed by atoms with van der Waals surface area (Å²) in [5.74, 6) is 0.353. The first-order valence-corrected chi connectivity index (χ1v) is 11.6. The fraction of sp³-hybridized carbons (Fsp3) is 0.333. The number of hydrogen-bond donors (Lipinski definition) is 0. The standard InChI is InChI=1S/C21H20ClFN2O2S2/c22-17-4-1-5-18-20(17)24-21(29-18)25(13-15-3-2-11-27-15)19(26)10-12-28-16-8-6-14(23)7-9-16/h1,4-9,15H,2-3,10-13H2. The third-order valence-electron chi connectivity index (χ3n) is 4.70. The molecule has 1 fully saturated rings. The molecule has 1 aliphatic heterocycles. The van der Waals surface area contributed by atoms with E-state index >= 15 is 0 Å². The van der Waals surface area contributed by atoms with Gasteiger partial charge in [0.25, 0.3) is 0 Å². The zero-order valence-electron chi connectivity index (χ0n) is 15.6. The third-order valence-corrected chi connectivity index (χ3v) is 7.06. The summed E-state index contributed by atoms with van der Waals surface area (Å²) in [5, 5.41) is 1.24. The largest absolute Gasteiger partial charge is 0.376 e. The molecular formula is C21H20ClFN2O2S2. The minimum atomic E-state index is -0.261. The number of anilines is 1. The highest BCUT2D eigenvalue weighted by atomic mass is 35.5. The van der Waals surface area contributed by atoms with Gasteiger partial charge in [-0.3, -0.25) is 9.69 Å². The van der Waals surface area contributed by atoms with Gasteiger partial charge in [0.1, 0.15) is 11.3 Å². The van der Waals surface area contributed by atoms with E-state index in [2.05, 4.69) is 4.98 Å². The summed E-state index contributed by atoms with van der Waals surface area (Å²) in [6, 6.07) is 12.0. The second kappa shape index (κ2) is 9.43. The molecule has 2 heterocycles. The highest BCUT2D eigenvalue weighted by Gasteiger charge is 2.26. The van der Waals surface area contributed by atoms with E-state index in [1.54, 1.807) is 23.1 Å². The number of thiazole rings is 1. The van der Waals surface area contributed by atoms with Gasteiger partial charge in [-0.15, -0.1) is 11.8 Å². The van der Waals surface area contributed by atoms with Crippen molar-refractivity contribution >= 4 is 56.0 Å². The smallest absolute Gasteiger partial charge is 0.229 e. The van der Waals surface area contributed by atoms with Gasteiger partial charge in [-0.1, -0.05) is 29.0 Å². The number of ether oxygens (including phenoxy) is 1. The van der Waals surface area contributed by atoms with Crippen LogP contribution in [-0.2, 0) is 9.53 Å². The minimum absolute atomic E-state index is 0.00490. The Bertz CT molecular complexity index is 990. The van der Waals surface area contributed by atoms with Crippen LogP contribution in [0.5, 0.6) is 0 Å². The maximum absolute atomic E-state index is 13.1. The molecule has 29 heavy (non-hydrogen) atoms. The number of thioether (sulfide) groups is 1. The van der Waals surface area contributed by atoms with Crippen LogP contribution in [0, 0.1) is 5.82 Å². The molecule has 0 spiro atoms. The van der Waals surface area contributed by atoms with Gasteiger partial charge in [0.15, 0.2) is 5.13 Å². The SMILES string of the molecule is O=C(CCSc1ccc(F)cc1)N(CC1CCCO1)c1nc2c(Cl)cccc2s1. The van der Waals surface area contributed by atoms with Gasteiger partial charge < -0.3 is 4.74 Å². The first-order chi connectivity index (χ1) is 14.1. The maximum atomic E-state index is 13.1. The fourth-order valence-corrected chi connectivity index (χ4v) is 5.35. The molecule has 1 amide bonds. The van der Waals surface area contributed by atoms with Gasteiger partial charge in [0, 0.05) is 23.7 Å². The predicted molar refractivity (Wildman–Crippen MR) is 118 cm³/mol. The summed E-state index contributed by atoms with van der Waals surface area (Å²) in [4.78, 5) is 20.4. The Morgan fingerprint density at radius 1 is 1.31 bits per heavy atom. The molecule has 1 saturated heterocycles. The number of nitrogens with zero attached hydrogens (tertiary/aromatic N) is 2. The van der Waals surface area contributed by atoms with Crippen LogP contribution >= 0.6 is 34.7 Å². The van der Waals surface area contributed by atoms with Crippen molar-refractivity contribution in [2.45, 2.75) is 30.3 Å². The lowest BCUT2D eigenvalue weighted by Crippen LogP contribution is -2.37. The minimum Gasteiger partial charge on any atom is -0.376 e. The average molecular weight is 451 g/mol. The normalized spacial score (nSPS) is 16.4. The second-order valence-electron chi connectivity index (χ2n) is 6.77. The number of carbonyl (C=O) groups is 1. The van der Waals surface area contributed by atoms with Crippen LogP contribution < -0.4 is 4.90 Å². The lowest BCUT2D eigenvalue weighted by Gasteiger charge is -2.23. The van der Waals surface area contributed by atoms with Crippen LogP contribution in [0.2, 0.25) is 5.02 Å². The van der Waals surface area contributed by atoms with Crippen molar-refractivity contribution < 1.29 is 13.9 Å². The highest BCUT2D eigenvalue weighted by Crippen LogP contribution is 2.34. The molecule has 0 aliphatic carbocycles. The molecule has 2 aromatic carbocycles. The lowest BCUT2D eigenvalue weighted by atomic mass is 10.2. The Morgan fingerprint density at radius 2 is 2.14 bits per heavy atom. The van der Waals surface area contributed by atoms with Gasteiger partial charge in [-0.2, -0.15) is 0 Å². The summed E-state index contributed by atoms with van der Waals surface area (Å²) in [6.45, 7) is 1.23. The Kier molecular flexibility index (Phi) is 6.70. The summed E-state index contributed by atoms with van der Waals surface area (Å²) in [5.41, 5.74) is 0.722. The molecule has 0 N–H and O–H groups in total. The quantitative estimate of drug-likeness (QED) is 0.428. The number of para-hydroxylation sites is 1. The van der Waals surface area contributed by atoms with Crippen LogP contribution in [0.1, 0.15) is 19.3 Å². The predicted octanol–water partition coefficient (Wildman–Crippen LogP) is 5.78. The van der Waals surface area contributed by atoms with E-state index in [0.717, 1.165) is 34.6 Å². The molecule has 3 aromatic rings. The summed E-state index contributed by atoms with van der Waals surface area (Å²) < 4.78 is 19.8. The van der Waals surface area contributed by atoms with Gasteiger partial charge in [-0.25, -0.2) is 9.37 Å². The number of rotatable bonds is 7. The zero-order chi connectivity index (χ0) is 20.2. The van der Waals surface area contributed by atoms with E-state index in [1.807, 2.05) is 12.1 Å². The Balaban J connectivity index is 1.48. The van der Waals surface area contributed by atoms with Crippen molar-refractivity contribution in [2.75, 3.05) is 23.8 Å². The monoisotopic (exact) mass is 450 g/mol. The molecule has 0 saturated carbocycles. The molecule has 1 aliphatic rings. The zero-order valence-corrected chi connectivity index (χ0v) is 18.0.